The number of aliphatic hydroxyl groups is 3. The second kappa shape index (κ2) is 7.09. The van der Waals surface area contributed by atoms with E-state index in [2.05, 4.69) is 0 Å². The SMILES string of the molecule is O=C(/C=C/c1ccc(O)c(O)c1)O[C@@H]1C[C@](O)(C(=O)O)CC(O)[C@@H]1O. The second-order valence-electron chi connectivity index (χ2n) is 5.86. The Kier molecular flexibility index (Phi) is 5.31. The smallest absolute Gasteiger partial charge is 0.335 e. The first-order chi connectivity index (χ1) is 11.6. The van der Waals surface area contributed by atoms with Crippen molar-refractivity contribution >= 4 is 18.0 Å². The van der Waals surface area contributed by atoms with E-state index in [-0.39, 0.29) is 11.5 Å². The highest BCUT2D eigenvalue weighted by Crippen LogP contribution is 2.31. The van der Waals surface area contributed by atoms with Gasteiger partial charge in [-0.25, -0.2) is 9.59 Å². The van der Waals surface area contributed by atoms with Crippen molar-refractivity contribution in [2.75, 3.05) is 0 Å². The van der Waals surface area contributed by atoms with Crippen LogP contribution in [0.25, 0.3) is 6.08 Å². The van der Waals surface area contributed by atoms with Crippen LogP contribution in [0.3, 0.4) is 0 Å². The molecule has 0 bridgehead atoms. The minimum atomic E-state index is -2.31. The van der Waals surface area contributed by atoms with Gasteiger partial charge in [-0.1, -0.05) is 6.07 Å². The molecule has 1 aliphatic carbocycles. The largest absolute Gasteiger partial charge is 0.504 e. The Morgan fingerprint density at radius 2 is 1.84 bits per heavy atom. The zero-order chi connectivity index (χ0) is 18.8. The molecule has 0 saturated heterocycles. The molecule has 4 atom stereocenters. The molecule has 0 aromatic heterocycles. The third-order valence-electron chi connectivity index (χ3n) is 3.94. The van der Waals surface area contributed by atoms with Gasteiger partial charge in [0, 0.05) is 18.9 Å². The van der Waals surface area contributed by atoms with Crippen LogP contribution in [-0.4, -0.2) is 66.5 Å². The molecular formula is C16H18O9. The van der Waals surface area contributed by atoms with Crippen LogP contribution in [0, 0.1) is 0 Å². The Hall–Kier alpha value is -2.62. The lowest BCUT2D eigenvalue weighted by atomic mass is 9.79. The number of carbonyl (C=O) groups is 2. The molecule has 1 unspecified atom stereocenters. The number of phenols is 2. The minimum absolute atomic E-state index is 0.327. The van der Waals surface area contributed by atoms with Crippen LogP contribution in [0.15, 0.2) is 24.3 Å². The molecule has 0 radical (unpaired) electrons. The number of hydrogen-bond acceptors (Lipinski definition) is 8. The number of ether oxygens (including phenoxy) is 1. The monoisotopic (exact) mass is 354 g/mol. The molecule has 1 aliphatic rings. The molecule has 6 N–H and O–H groups in total. The van der Waals surface area contributed by atoms with Crippen molar-refractivity contribution in [2.45, 2.75) is 36.8 Å². The molecule has 0 heterocycles. The number of rotatable bonds is 4. The number of esters is 1. The molecule has 0 amide bonds. The van der Waals surface area contributed by atoms with Crippen LogP contribution in [-0.2, 0) is 14.3 Å². The highest BCUT2D eigenvalue weighted by molar-refractivity contribution is 5.87. The molecule has 0 spiro atoms. The lowest BCUT2D eigenvalue weighted by Crippen LogP contribution is -2.57. The van der Waals surface area contributed by atoms with Gasteiger partial charge in [-0.2, -0.15) is 0 Å². The summed E-state index contributed by atoms with van der Waals surface area (Å²) in [6.07, 6.45) is -3.44. The molecule has 1 aromatic carbocycles. The predicted molar refractivity (Wildman–Crippen MR) is 82.5 cm³/mol. The highest BCUT2D eigenvalue weighted by Gasteiger charge is 2.50. The van der Waals surface area contributed by atoms with Crippen molar-refractivity contribution in [3.05, 3.63) is 29.8 Å². The number of carboxylic acid groups (broad SMARTS) is 1. The number of benzene rings is 1. The third kappa shape index (κ3) is 4.27. The van der Waals surface area contributed by atoms with E-state index in [0.717, 1.165) is 6.08 Å². The topological polar surface area (TPSA) is 165 Å². The van der Waals surface area contributed by atoms with Crippen molar-refractivity contribution in [1.29, 1.82) is 0 Å². The summed E-state index contributed by atoms with van der Waals surface area (Å²) in [6.45, 7) is 0. The van der Waals surface area contributed by atoms with Gasteiger partial charge in [-0.3, -0.25) is 0 Å². The highest BCUT2D eigenvalue weighted by atomic mass is 16.6. The Labute approximate surface area is 142 Å². The van der Waals surface area contributed by atoms with Crippen molar-refractivity contribution < 1.29 is 45.0 Å². The number of phenolic OH excluding ortho intramolecular Hbond substituents is 2. The first-order valence-corrected chi connectivity index (χ1v) is 7.35. The fourth-order valence-corrected chi connectivity index (χ4v) is 2.53. The summed E-state index contributed by atoms with van der Waals surface area (Å²) < 4.78 is 4.92. The van der Waals surface area contributed by atoms with Crippen LogP contribution < -0.4 is 0 Å². The summed E-state index contributed by atoms with van der Waals surface area (Å²) in [5, 5.41) is 57.0. The third-order valence-corrected chi connectivity index (χ3v) is 3.94. The molecule has 9 nitrogen and oxygen atoms in total. The average molecular weight is 354 g/mol. The van der Waals surface area contributed by atoms with Gasteiger partial charge in [0.2, 0.25) is 0 Å². The molecule has 0 aliphatic heterocycles. The number of hydrogen-bond donors (Lipinski definition) is 6. The van der Waals surface area contributed by atoms with Gasteiger partial charge in [-0.15, -0.1) is 0 Å². The maximum Gasteiger partial charge on any atom is 0.335 e. The van der Waals surface area contributed by atoms with Gasteiger partial charge in [-0.05, 0) is 23.8 Å². The standard InChI is InChI=1S/C16H18O9/c17-9-3-1-8(5-10(9)18)2-4-13(20)25-12-7-16(24,15(22)23)6-11(19)14(12)21/h1-5,11-12,14,17-19,21,24H,6-7H2,(H,22,23)/b4-2+/t11?,12-,14+,16+/m1/s1. The van der Waals surface area contributed by atoms with E-state index < -0.39 is 48.7 Å². The fraction of sp³-hybridized carbons (Fsp3) is 0.375. The Bertz CT molecular complexity index is 699. The van der Waals surface area contributed by atoms with Gasteiger partial charge in [0.1, 0.15) is 12.2 Å². The van der Waals surface area contributed by atoms with E-state index in [1.54, 1.807) is 0 Å². The molecule has 9 heteroatoms. The van der Waals surface area contributed by atoms with Crippen LogP contribution in [0.2, 0.25) is 0 Å². The first-order valence-electron chi connectivity index (χ1n) is 7.35. The van der Waals surface area contributed by atoms with Gasteiger partial charge in [0.15, 0.2) is 17.1 Å². The van der Waals surface area contributed by atoms with Gasteiger partial charge >= 0.3 is 11.9 Å². The van der Waals surface area contributed by atoms with Crippen molar-refractivity contribution in [2.24, 2.45) is 0 Å². The predicted octanol–water partition coefficient (Wildman–Crippen LogP) is -0.646. The summed E-state index contributed by atoms with van der Waals surface area (Å²) in [5.74, 6) is -3.24. The van der Waals surface area contributed by atoms with Gasteiger partial charge < -0.3 is 35.4 Å². The normalized spacial score (nSPS) is 29.5. The number of aliphatic hydroxyl groups excluding tert-OH is 2. The van der Waals surface area contributed by atoms with Gasteiger partial charge in [0.25, 0.3) is 0 Å². The Morgan fingerprint density at radius 1 is 1.16 bits per heavy atom. The zero-order valence-electron chi connectivity index (χ0n) is 12.9. The molecular weight excluding hydrogens is 336 g/mol. The number of aliphatic carboxylic acids is 1. The summed E-state index contributed by atoms with van der Waals surface area (Å²) in [6, 6.07) is 3.83. The Morgan fingerprint density at radius 3 is 2.44 bits per heavy atom. The lowest BCUT2D eigenvalue weighted by Gasteiger charge is -2.39. The van der Waals surface area contributed by atoms with Crippen molar-refractivity contribution in [3.63, 3.8) is 0 Å². The maximum absolute atomic E-state index is 11.8. The van der Waals surface area contributed by atoms with E-state index in [4.69, 9.17) is 9.84 Å². The summed E-state index contributed by atoms with van der Waals surface area (Å²) in [4.78, 5) is 22.9. The molecule has 1 saturated carbocycles. The molecule has 25 heavy (non-hydrogen) atoms. The van der Waals surface area contributed by atoms with E-state index >= 15 is 0 Å². The number of aromatic hydroxyl groups is 2. The Balaban J connectivity index is 2.06. The summed E-state index contributed by atoms with van der Waals surface area (Å²) in [7, 11) is 0. The van der Waals surface area contributed by atoms with Crippen molar-refractivity contribution in [3.8, 4) is 11.5 Å². The fourth-order valence-electron chi connectivity index (χ4n) is 2.53. The maximum atomic E-state index is 11.8. The van der Waals surface area contributed by atoms with E-state index in [1.165, 1.54) is 24.3 Å². The summed E-state index contributed by atoms with van der Waals surface area (Å²) in [5.41, 5.74) is -1.94. The molecule has 136 valence electrons. The first kappa shape index (κ1) is 18.7. The van der Waals surface area contributed by atoms with E-state index in [0.29, 0.717) is 5.56 Å². The van der Waals surface area contributed by atoms with E-state index in [9.17, 15) is 35.1 Å². The molecule has 1 fully saturated rings. The lowest BCUT2D eigenvalue weighted by molar-refractivity contribution is -0.196. The van der Waals surface area contributed by atoms with Gasteiger partial charge in [0.05, 0.1) is 6.10 Å². The van der Waals surface area contributed by atoms with Crippen LogP contribution in [0.1, 0.15) is 18.4 Å². The van der Waals surface area contributed by atoms with Crippen LogP contribution in [0.5, 0.6) is 11.5 Å². The van der Waals surface area contributed by atoms with Crippen LogP contribution >= 0.6 is 0 Å². The van der Waals surface area contributed by atoms with Crippen LogP contribution in [0.4, 0.5) is 0 Å². The number of carboxylic acids is 1. The zero-order valence-corrected chi connectivity index (χ0v) is 12.9. The molecule has 2 rings (SSSR count). The number of carbonyl (C=O) groups excluding carboxylic acids is 1. The second-order valence-corrected chi connectivity index (χ2v) is 5.86. The summed E-state index contributed by atoms with van der Waals surface area (Å²) >= 11 is 0. The van der Waals surface area contributed by atoms with Crippen molar-refractivity contribution in [1.82, 2.24) is 0 Å². The minimum Gasteiger partial charge on any atom is -0.504 e. The quantitative estimate of drug-likeness (QED) is 0.234. The molecule has 1 aromatic rings. The average Bonchev–Trinajstić information content (AvgIpc) is 2.53. The van der Waals surface area contributed by atoms with E-state index in [1.807, 2.05) is 0 Å².